The second-order valence-electron chi connectivity index (χ2n) is 2.49. The number of aromatic nitrogens is 2. The first-order valence-corrected chi connectivity index (χ1v) is 4.24. The van der Waals surface area contributed by atoms with Gasteiger partial charge in [0, 0.05) is 11.3 Å². The molecule has 0 aliphatic rings. The van der Waals surface area contributed by atoms with Crippen LogP contribution < -0.4 is 11.3 Å². The Morgan fingerprint density at radius 3 is 2.83 bits per heavy atom. The van der Waals surface area contributed by atoms with Gasteiger partial charge < -0.3 is 5.73 Å². The van der Waals surface area contributed by atoms with Crippen LogP contribution in [0, 0.1) is 6.92 Å². The molecule has 1 rings (SSSR count). The first-order chi connectivity index (χ1) is 5.65. The van der Waals surface area contributed by atoms with Crippen LogP contribution in [0.5, 0.6) is 0 Å². The zero-order chi connectivity index (χ0) is 9.14. The van der Waals surface area contributed by atoms with Crippen molar-refractivity contribution in [1.29, 1.82) is 0 Å². The molecule has 0 atom stereocenters. The van der Waals surface area contributed by atoms with E-state index in [4.69, 9.17) is 5.73 Å². The summed E-state index contributed by atoms with van der Waals surface area (Å²) in [7, 11) is 0. The maximum Gasteiger partial charge on any atom is 0.255 e. The van der Waals surface area contributed by atoms with Crippen LogP contribution in [0.15, 0.2) is 4.79 Å². The Morgan fingerprint density at radius 2 is 2.33 bits per heavy atom. The quantitative estimate of drug-likeness (QED) is 0.574. The van der Waals surface area contributed by atoms with Gasteiger partial charge in [-0.25, -0.2) is 4.98 Å². The summed E-state index contributed by atoms with van der Waals surface area (Å²) < 4.78 is 0. The van der Waals surface area contributed by atoms with Gasteiger partial charge in [-0.2, -0.15) is 12.6 Å². The molecule has 3 N–H and O–H groups in total. The SMILES string of the molecule is Cc1nc(N)[nH]c(=O)c1CCS. The van der Waals surface area contributed by atoms with Gasteiger partial charge in [-0.3, -0.25) is 9.78 Å². The number of nitrogens with one attached hydrogen (secondary N) is 1. The number of hydrogen-bond acceptors (Lipinski definition) is 4. The minimum absolute atomic E-state index is 0.158. The highest BCUT2D eigenvalue weighted by atomic mass is 32.1. The number of aryl methyl sites for hydroxylation is 1. The number of anilines is 1. The van der Waals surface area contributed by atoms with Gasteiger partial charge in [-0.1, -0.05) is 0 Å². The first-order valence-electron chi connectivity index (χ1n) is 3.61. The van der Waals surface area contributed by atoms with Crippen LogP contribution in [0.4, 0.5) is 5.95 Å². The maximum atomic E-state index is 11.2. The number of aromatic amines is 1. The van der Waals surface area contributed by atoms with Crippen molar-refractivity contribution >= 4 is 18.6 Å². The summed E-state index contributed by atoms with van der Waals surface area (Å²) >= 11 is 4.04. The van der Waals surface area contributed by atoms with E-state index in [1.807, 2.05) is 0 Å². The van der Waals surface area contributed by atoms with Gasteiger partial charge >= 0.3 is 0 Å². The number of nitrogens with two attached hydrogens (primary N) is 1. The molecule has 1 aromatic rings. The summed E-state index contributed by atoms with van der Waals surface area (Å²) in [5, 5.41) is 0. The van der Waals surface area contributed by atoms with Gasteiger partial charge in [-0.05, 0) is 19.1 Å². The average Bonchev–Trinajstić information content (AvgIpc) is 1.96. The van der Waals surface area contributed by atoms with Crippen LogP contribution in [-0.4, -0.2) is 15.7 Å². The molecule has 0 fully saturated rings. The second-order valence-corrected chi connectivity index (χ2v) is 2.94. The minimum atomic E-state index is -0.158. The third-order valence-electron chi connectivity index (χ3n) is 1.60. The van der Waals surface area contributed by atoms with E-state index in [0.29, 0.717) is 23.4 Å². The molecule has 0 amide bonds. The molecule has 5 heteroatoms. The second kappa shape index (κ2) is 3.62. The van der Waals surface area contributed by atoms with Gasteiger partial charge in [0.1, 0.15) is 0 Å². The molecule has 0 aromatic carbocycles. The zero-order valence-corrected chi connectivity index (χ0v) is 7.69. The van der Waals surface area contributed by atoms with Crippen LogP contribution in [-0.2, 0) is 6.42 Å². The van der Waals surface area contributed by atoms with Crippen molar-refractivity contribution in [2.45, 2.75) is 13.3 Å². The highest BCUT2D eigenvalue weighted by Crippen LogP contribution is 2.01. The fraction of sp³-hybridized carbons (Fsp3) is 0.429. The van der Waals surface area contributed by atoms with Crippen LogP contribution >= 0.6 is 12.6 Å². The topological polar surface area (TPSA) is 71.8 Å². The standard InChI is InChI=1S/C7H11N3OS/c1-4-5(2-3-12)6(11)10-7(8)9-4/h12H,2-3H2,1H3,(H3,8,9,10,11). The van der Waals surface area contributed by atoms with Crippen molar-refractivity contribution in [2.24, 2.45) is 0 Å². The van der Waals surface area contributed by atoms with E-state index in [-0.39, 0.29) is 11.5 Å². The molecule has 66 valence electrons. The van der Waals surface area contributed by atoms with Gasteiger partial charge in [0.15, 0.2) is 0 Å². The lowest BCUT2D eigenvalue weighted by Crippen LogP contribution is -2.18. The number of thiol groups is 1. The molecule has 12 heavy (non-hydrogen) atoms. The van der Waals surface area contributed by atoms with Gasteiger partial charge in [-0.15, -0.1) is 0 Å². The van der Waals surface area contributed by atoms with Crippen molar-refractivity contribution in [3.8, 4) is 0 Å². The predicted molar refractivity (Wildman–Crippen MR) is 51.6 cm³/mol. The Morgan fingerprint density at radius 1 is 1.67 bits per heavy atom. The third-order valence-corrected chi connectivity index (χ3v) is 1.83. The molecule has 0 bridgehead atoms. The predicted octanol–water partition coefficient (Wildman–Crippen LogP) is 0.133. The van der Waals surface area contributed by atoms with Gasteiger partial charge in [0.25, 0.3) is 5.56 Å². The molecule has 0 saturated carbocycles. The fourth-order valence-electron chi connectivity index (χ4n) is 1.04. The van der Waals surface area contributed by atoms with Crippen molar-refractivity contribution in [1.82, 2.24) is 9.97 Å². The Labute approximate surface area is 75.6 Å². The highest BCUT2D eigenvalue weighted by Gasteiger charge is 2.04. The summed E-state index contributed by atoms with van der Waals surface area (Å²) in [6.45, 7) is 1.77. The molecular formula is C7H11N3OS. The van der Waals surface area contributed by atoms with Crippen LogP contribution in [0.25, 0.3) is 0 Å². The molecule has 4 nitrogen and oxygen atoms in total. The van der Waals surface area contributed by atoms with Crippen molar-refractivity contribution < 1.29 is 0 Å². The summed E-state index contributed by atoms with van der Waals surface area (Å²) in [5.41, 5.74) is 6.53. The molecule has 0 saturated heterocycles. The van der Waals surface area contributed by atoms with Crippen molar-refractivity contribution in [3.63, 3.8) is 0 Å². The molecule has 0 unspecified atom stereocenters. The lowest BCUT2D eigenvalue weighted by molar-refractivity contribution is 0.978. The number of H-pyrrole nitrogens is 1. The molecule has 1 heterocycles. The summed E-state index contributed by atoms with van der Waals surface area (Å²) in [6.07, 6.45) is 0.623. The Hall–Kier alpha value is -0.970. The molecular weight excluding hydrogens is 174 g/mol. The lowest BCUT2D eigenvalue weighted by atomic mass is 10.2. The molecule has 0 radical (unpaired) electrons. The lowest BCUT2D eigenvalue weighted by Gasteiger charge is -2.01. The maximum absolute atomic E-state index is 11.2. The van der Waals surface area contributed by atoms with E-state index >= 15 is 0 Å². The highest BCUT2D eigenvalue weighted by molar-refractivity contribution is 7.80. The van der Waals surface area contributed by atoms with E-state index in [9.17, 15) is 4.79 Å². The number of nitrogen functional groups attached to an aromatic ring is 1. The van der Waals surface area contributed by atoms with Crippen LogP contribution in [0.2, 0.25) is 0 Å². The summed E-state index contributed by atoms with van der Waals surface area (Å²) in [5.74, 6) is 0.801. The Balaban J connectivity index is 3.19. The number of rotatable bonds is 2. The number of hydrogen-bond donors (Lipinski definition) is 3. The average molecular weight is 185 g/mol. The first kappa shape index (κ1) is 9.12. The molecule has 0 spiro atoms. The van der Waals surface area contributed by atoms with Crippen LogP contribution in [0.1, 0.15) is 11.3 Å². The monoisotopic (exact) mass is 185 g/mol. The normalized spacial score (nSPS) is 10.2. The molecule has 0 aliphatic carbocycles. The smallest absolute Gasteiger partial charge is 0.255 e. The third kappa shape index (κ3) is 1.79. The number of nitrogens with zero attached hydrogens (tertiary/aromatic N) is 1. The summed E-state index contributed by atoms with van der Waals surface area (Å²) in [4.78, 5) is 17.6. The van der Waals surface area contributed by atoms with E-state index < -0.39 is 0 Å². The van der Waals surface area contributed by atoms with Crippen LogP contribution in [0.3, 0.4) is 0 Å². The van der Waals surface area contributed by atoms with E-state index in [2.05, 4.69) is 22.6 Å². The Kier molecular flexibility index (Phi) is 2.75. The van der Waals surface area contributed by atoms with Crippen molar-refractivity contribution in [2.75, 3.05) is 11.5 Å². The van der Waals surface area contributed by atoms with E-state index in [1.54, 1.807) is 6.92 Å². The van der Waals surface area contributed by atoms with Crippen molar-refractivity contribution in [3.05, 3.63) is 21.6 Å². The van der Waals surface area contributed by atoms with Gasteiger partial charge in [0.2, 0.25) is 5.95 Å². The van der Waals surface area contributed by atoms with Gasteiger partial charge in [0.05, 0.1) is 0 Å². The fourth-order valence-corrected chi connectivity index (χ4v) is 1.26. The van der Waals surface area contributed by atoms with E-state index in [1.165, 1.54) is 0 Å². The van der Waals surface area contributed by atoms with E-state index in [0.717, 1.165) is 0 Å². The summed E-state index contributed by atoms with van der Waals surface area (Å²) in [6, 6.07) is 0. The Bertz CT molecular complexity index is 334. The molecule has 0 aliphatic heterocycles. The minimum Gasteiger partial charge on any atom is -0.369 e. The molecule has 1 aromatic heterocycles. The zero-order valence-electron chi connectivity index (χ0n) is 6.79. The largest absolute Gasteiger partial charge is 0.369 e.